The molecular weight excluding hydrogens is 216 g/mol. The average molecular weight is 230 g/mol. The fourth-order valence-electron chi connectivity index (χ4n) is 1.47. The van der Waals surface area contributed by atoms with E-state index < -0.39 is 24.0 Å². The van der Waals surface area contributed by atoms with Gasteiger partial charge < -0.3 is 20.8 Å². The Bertz CT molecular complexity index is 304. The Labute approximate surface area is 91.8 Å². The van der Waals surface area contributed by atoms with Gasteiger partial charge in [-0.25, -0.2) is 4.79 Å². The van der Waals surface area contributed by atoms with Crippen molar-refractivity contribution in [3.63, 3.8) is 0 Å². The first-order chi connectivity index (χ1) is 7.54. The summed E-state index contributed by atoms with van der Waals surface area (Å²) >= 11 is 0. The fraction of sp³-hybridized carbons (Fsp3) is 0.667. The Balaban J connectivity index is 2.48. The van der Waals surface area contributed by atoms with Crippen molar-refractivity contribution in [3.8, 4) is 0 Å². The van der Waals surface area contributed by atoms with Crippen LogP contribution in [0.25, 0.3) is 0 Å². The number of hydrogen-bond donors (Lipinski definition) is 4. The van der Waals surface area contributed by atoms with E-state index in [9.17, 15) is 14.4 Å². The highest BCUT2D eigenvalue weighted by molar-refractivity contribution is 5.92. The van der Waals surface area contributed by atoms with E-state index in [0.717, 1.165) is 0 Å². The fourth-order valence-corrected chi connectivity index (χ4v) is 1.47. The molecule has 0 unspecified atom stereocenters. The minimum atomic E-state index is -1.20. The number of aliphatic carboxylic acids is 1. The first kappa shape index (κ1) is 12.4. The van der Waals surface area contributed by atoms with Gasteiger partial charge in [-0.15, -0.1) is 0 Å². The summed E-state index contributed by atoms with van der Waals surface area (Å²) in [7, 11) is 0. The molecule has 7 nitrogen and oxygen atoms in total. The zero-order valence-corrected chi connectivity index (χ0v) is 8.60. The largest absolute Gasteiger partial charge is 0.480 e. The van der Waals surface area contributed by atoms with Crippen LogP contribution in [0.2, 0.25) is 0 Å². The average Bonchev–Trinajstić information content (AvgIpc) is 2.64. The van der Waals surface area contributed by atoms with Gasteiger partial charge in [0.1, 0.15) is 12.1 Å². The van der Waals surface area contributed by atoms with Gasteiger partial charge in [-0.1, -0.05) is 0 Å². The molecule has 1 aliphatic rings. The molecule has 1 heterocycles. The van der Waals surface area contributed by atoms with Gasteiger partial charge in [0.25, 0.3) is 0 Å². The zero-order valence-electron chi connectivity index (χ0n) is 8.60. The SMILES string of the molecule is O=C1CC[C@@H](C(=O)N[C@H](CCO)C(=O)O)N1. The molecular formula is C9H14N2O5. The van der Waals surface area contributed by atoms with Gasteiger partial charge in [0.05, 0.1) is 0 Å². The molecule has 0 aromatic rings. The molecule has 2 amide bonds. The Hall–Kier alpha value is -1.63. The summed E-state index contributed by atoms with van der Waals surface area (Å²) in [5, 5.41) is 22.1. The molecule has 1 fully saturated rings. The summed E-state index contributed by atoms with van der Waals surface area (Å²) in [5.41, 5.74) is 0. The molecule has 0 aromatic heterocycles. The van der Waals surface area contributed by atoms with Crippen molar-refractivity contribution in [2.24, 2.45) is 0 Å². The quantitative estimate of drug-likeness (QED) is 0.445. The van der Waals surface area contributed by atoms with Crippen LogP contribution in [0.15, 0.2) is 0 Å². The molecule has 0 aliphatic carbocycles. The lowest BCUT2D eigenvalue weighted by Crippen LogP contribution is -2.49. The van der Waals surface area contributed by atoms with Crippen LogP contribution in [0.1, 0.15) is 19.3 Å². The molecule has 1 saturated heterocycles. The van der Waals surface area contributed by atoms with Crippen molar-refractivity contribution in [1.82, 2.24) is 10.6 Å². The number of amides is 2. The van der Waals surface area contributed by atoms with E-state index in [-0.39, 0.29) is 25.4 Å². The predicted octanol–water partition coefficient (Wildman–Crippen LogP) is -1.78. The lowest BCUT2D eigenvalue weighted by atomic mass is 10.1. The van der Waals surface area contributed by atoms with Crippen LogP contribution in [0.3, 0.4) is 0 Å². The molecule has 0 spiro atoms. The van der Waals surface area contributed by atoms with Crippen molar-refractivity contribution in [3.05, 3.63) is 0 Å². The molecule has 0 aromatic carbocycles. The van der Waals surface area contributed by atoms with Crippen LogP contribution in [0.4, 0.5) is 0 Å². The van der Waals surface area contributed by atoms with Crippen LogP contribution in [0, 0.1) is 0 Å². The number of carbonyl (C=O) groups excluding carboxylic acids is 2. The molecule has 0 bridgehead atoms. The number of carbonyl (C=O) groups is 3. The molecule has 2 atom stereocenters. The number of nitrogens with one attached hydrogen (secondary N) is 2. The zero-order chi connectivity index (χ0) is 12.1. The van der Waals surface area contributed by atoms with E-state index in [0.29, 0.717) is 6.42 Å². The van der Waals surface area contributed by atoms with Crippen LogP contribution in [-0.2, 0) is 14.4 Å². The summed E-state index contributed by atoms with van der Waals surface area (Å²) in [6.07, 6.45) is 0.591. The third kappa shape index (κ3) is 3.20. The van der Waals surface area contributed by atoms with Gasteiger partial charge in [0.15, 0.2) is 0 Å². The second-order valence-electron chi connectivity index (χ2n) is 3.57. The highest BCUT2D eigenvalue weighted by atomic mass is 16.4. The minimum absolute atomic E-state index is 0.0538. The Morgan fingerprint density at radius 3 is 2.69 bits per heavy atom. The van der Waals surface area contributed by atoms with Crippen molar-refractivity contribution in [2.45, 2.75) is 31.3 Å². The highest BCUT2D eigenvalue weighted by Gasteiger charge is 2.29. The molecule has 16 heavy (non-hydrogen) atoms. The van der Waals surface area contributed by atoms with Gasteiger partial charge in [0, 0.05) is 19.4 Å². The monoisotopic (exact) mass is 230 g/mol. The number of carboxylic acids is 1. The van der Waals surface area contributed by atoms with Crippen LogP contribution < -0.4 is 10.6 Å². The first-order valence-electron chi connectivity index (χ1n) is 4.98. The molecule has 7 heteroatoms. The standard InChI is InChI=1S/C9H14N2O5/c12-4-3-6(9(15)16)11-8(14)5-1-2-7(13)10-5/h5-6,12H,1-4H2,(H,10,13)(H,11,14)(H,15,16)/t5-,6+/m0/s1. The number of aliphatic hydroxyl groups excluding tert-OH is 1. The Kier molecular flexibility index (Phi) is 4.24. The molecule has 1 aliphatic heterocycles. The van der Waals surface area contributed by atoms with E-state index in [1.54, 1.807) is 0 Å². The van der Waals surface area contributed by atoms with Crippen LogP contribution >= 0.6 is 0 Å². The van der Waals surface area contributed by atoms with E-state index >= 15 is 0 Å². The van der Waals surface area contributed by atoms with Crippen LogP contribution in [-0.4, -0.2) is 46.7 Å². The van der Waals surface area contributed by atoms with E-state index in [1.807, 2.05) is 0 Å². The second-order valence-corrected chi connectivity index (χ2v) is 3.57. The van der Waals surface area contributed by atoms with Crippen LogP contribution in [0.5, 0.6) is 0 Å². The van der Waals surface area contributed by atoms with E-state index in [1.165, 1.54) is 0 Å². The van der Waals surface area contributed by atoms with Gasteiger partial charge in [-0.05, 0) is 6.42 Å². The summed E-state index contributed by atoms with van der Waals surface area (Å²) in [6, 6.07) is -1.77. The maximum atomic E-state index is 11.5. The van der Waals surface area contributed by atoms with Crippen molar-refractivity contribution in [2.75, 3.05) is 6.61 Å². The maximum Gasteiger partial charge on any atom is 0.326 e. The number of rotatable bonds is 5. The third-order valence-corrected chi connectivity index (χ3v) is 2.34. The summed E-state index contributed by atoms with van der Waals surface area (Å²) < 4.78 is 0. The topological polar surface area (TPSA) is 116 Å². The minimum Gasteiger partial charge on any atom is -0.480 e. The maximum absolute atomic E-state index is 11.5. The van der Waals surface area contributed by atoms with Crippen molar-refractivity contribution < 1.29 is 24.6 Å². The van der Waals surface area contributed by atoms with E-state index in [4.69, 9.17) is 10.2 Å². The van der Waals surface area contributed by atoms with E-state index in [2.05, 4.69) is 10.6 Å². The molecule has 1 rings (SSSR count). The van der Waals surface area contributed by atoms with Crippen molar-refractivity contribution >= 4 is 17.8 Å². The molecule has 4 N–H and O–H groups in total. The molecule has 0 radical (unpaired) electrons. The Morgan fingerprint density at radius 2 is 2.25 bits per heavy atom. The number of hydrogen-bond acceptors (Lipinski definition) is 4. The van der Waals surface area contributed by atoms with Gasteiger partial charge in [-0.2, -0.15) is 0 Å². The summed E-state index contributed by atoms with van der Waals surface area (Å²) in [5.74, 6) is -1.94. The third-order valence-electron chi connectivity index (χ3n) is 2.34. The smallest absolute Gasteiger partial charge is 0.326 e. The lowest BCUT2D eigenvalue weighted by Gasteiger charge is -2.16. The van der Waals surface area contributed by atoms with Gasteiger partial charge in [-0.3, -0.25) is 9.59 Å². The summed E-state index contributed by atoms with van der Waals surface area (Å²) in [4.78, 5) is 33.1. The predicted molar refractivity (Wildman–Crippen MR) is 52.4 cm³/mol. The normalized spacial score (nSPS) is 21.3. The van der Waals surface area contributed by atoms with Crippen molar-refractivity contribution in [1.29, 1.82) is 0 Å². The summed E-state index contributed by atoms with van der Waals surface area (Å²) in [6.45, 7) is -0.325. The van der Waals surface area contributed by atoms with Gasteiger partial charge in [0.2, 0.25) is 11.8 Å². The van der Waals surface area contributed by atoms with Gasteiger partial charge >= 0.3 is 5.97 Å². The molecule has 90 valence electrons. The highest BCUT2D eigenvalue weighted by Crippen LogP contribution is 2.07. The number of carboxylic acid groups (broad SMARTS) is 1. The Morgan fingerprint density at radius 1 is 1.56 bits per heavy atom. The second kappa shape index (κ2) is 5.45. The first-order valence-corrected chi connectivity index (χ1v) is 4.98. The lowest BCUT2D eigenvalue weighted by molar-refractivity contribution is -0.142. The number of aliphatic hydroxyl groups is 1. The molecule has 0 saturated carbocycles.